The predicted molar refractivity (Wildman–Crippen MR) is 64.2 cm³/mol. The summed E-state index contributed by atoms with van der Waals surface area (Å²) in [5.74, 6) is -0.627. The van der Waals surface area contributed by atoms with Crippen molar-refractivity contribution in [3.8, 4) is 11.6 Å². The number of aromatic carboxylic acids is 1. The van der Waals surface area contributed by atoms with Crippen molar-refractivity contribution in [1.29, 1.82) is 0 Å². The fraction of sp³-hybridized carbons (Fsp3) is 0.417. The second-order valence-corrected chi connectivity index (χ2v) is 4.57. The van der Waals surface area contributed by atoms with Gasteiger partial charge in [0.05, 0.1) is 5.69 Å². The molecule has 0 aromatic carbocycles. The van der Waals surface area contributed by atoms with Crippen LogP contribution in [-0.4, -0.2) is 25.8 Å². The van der Waals surface area contributed by atoms with Gasteiger partial charge in [-0.3, -0.25) is 4.68 Å². The van der Waals surface area contributed by atoms with E-state index in [1.165, 1.54) is 0 Å². The van der Waals surface area contributed by atoms with Crippen LogP contribution in [0.25, 0.3) is 11.6 Å². The number of carbonyl (C=O) groups is 1. The molecule has 0 radical (unpaired) electrons. The van der Waals surface area contributed by atoms with Crippen molar-refractivity contribution in [3.05, 3.63) is 23.7 Å². The van der Waals surface area contributed by atoms with Gasteiger partial charge < -0.3 is 9.52 Å². The van der Waals surface area contributed by atoms with Gasteiger partial charge in [0, 0.05) is 13.2 Å². The quantitative estimate of drug-likeness (QED) is 0.895. The minimum absolute atomic E-state index is 0.0932. The Morgan fingerprint density at radius 1 is 1.56 bits per heavy atom. The van der Waals surface area contributed by atoms with Gasteiger partial charge in [-0.2, -0.15) is 5.10 Å². The number of rotatable bonds is 4. The molecule has 0 aliphatic rings. The van der Waals surface area contributed by atoms with Crippen molar-refractivity contribution in [1.82, 2.24) is 14.8 Å². The van der Waals surface area contributed by atoms with Gasteiger partial charge in [0.1, 0.15) is 5.69 Å². The number of aryl methyl sites for hydroxylation is 1. The van der Waals surface area contributed by atoms with E-state index in [1.54, 1.807) is 24.0 Å². The van der Waals surface area contributed by atoms with Gasteiger partial charge in [-0.15, -0.1) is 0 Å². The molecule has 0 atom stereocenters. The summed E-state index contributed by atoms with van der Waals surface area (Å²) in [4.78, 5) is 15.3. The molecule has 2 aromatic heterocycles. The van der Waals surface area contributed by atoms with Crippen LogP contribution in [0.5, 0.6) is 0 Å². The summed E-state index contributed by atoms with van der Waals surface area (Å²) >= 11 is 0. The van der Waals surface area contributed by atoms with E-state index in [2.05, 4.69) is 10.1 Å². The number of carboxylic acids is 1. The summed E-state index contributed by atoms with van der Waals surface area (Å²) in [6, 6.07) is 1.73. The molecular weight excluding hydrogens is 234 g/mol. The van der Waals surface area contributed by atoms with Crippen molar-refractivity contribution in [2.75, 3.05) is 0 Å². The average Bonchev–Trinajstić information content (AvgIpc) is 2.83. The standard InChI is InChI=1S/C12H15N3O3/c1-7(2)6-9-10(12(16)17)18-11(13-9)8-4-5-15(3)14-8/h4-5,7H,6H2,1-3H3,(H,16,17). The summed E-state index contributed by atoms with van der Waals surface area (Å²) in [5.41, 5.74) is 1.01. The molecule has 0 fully saturated rings. The molecule has 18 heavy (non-hydrogen) atoms. The predicted octanol–water partition coefficient (Wildman–Crippen LogP) is 1.97. The first-order valence-electron chi connectivity index (χ1n) is 5.70. The van der Waals surface area contributed by atoms with Crippen LogP contribution in [0.4, 0.5) is 0 Å². The van der Waals surface area contributed by atoms with E-state index in [9.17, 15) is 4.79 Å². The van der Waals surface area contributed by atoms with Gasteiger partial charge in [-0.25, -0.2) is 9.78 Å². The molecule has 2 aromatic rings. The Morgan fingerprint density at radius 2 is 2.28 bits per heavy atom. The Morgan fingerprint density at radius 3 is 2.78 bits per heavy atom. The summed E-state index contributed by atoms with van der Waals surface area (Å²) < 4.78 is 6.90. The zero-order valence-corrected chi connectivity index (χ0v) is 10.5. The summed E-state index contributed by atoms with van der Waals surface area (Å²) in [5, 5.41) is 13.2. The summed E-state index contributed by atoms with van der Waals surface area (Å²) in [7, 11) is 1.78. The number of aromatic nitrogens is 3. The Labute approximate surface area is 104 Å². The van der Waals surface area contributed by atoms with Gasteiger partial charge in [-0.1, -0.05) is 13.8 Å². The summed E-state index contributed by atoms with van der Waals surface area (Å²) in [6.45, 7) is 4.00. The van der Waals surface area contributed by atoms with Crippen LogP contribution in [0.15, 0.2) is 16.7 Å². The van der Waals surface area contributed by atoms with Crippen molar-refractivity contribution >= 4 is 5.97 Å². The molecule has 2 heterocycles. The van der Waals surface area contributed by atoms with Crippen LogP contribution in [0.3, 0.4) is 0 Å². The van der Waals surface area contributed by atoms with E-state index in [1.807, 2.05) is 13.8 Å². The van der Waals surface area contributed by atoms with Gasteiger partial charge in [-0.05, 0) is 18.4 Å². The van der Waals surface area contributed by atoms with Crippen LogP contribution in [-0.2, 0) is 13.5 Å². The van der Waals surface area contributed by atoms with Gasteiger partial charge in [0.15, 0.2) is 0 Å². The van der Waals surface area contributed by atoms with E-state index in [0.29, 0.717) is 23.7 Å². The first-order chi connectivity index (χ1) is 8.47. The molecule has 2 rings (SSSR count). The van der Waals surface area contributed by atoms with Crippen molar-refractivity contribution < 1.29 is 14.3 Å². The highest BCUT2D eigenvalue weighted by molar-refractivity contribution is 5.86. The van der Waals surface area contributed by atoms with E-state index < -0.39 is 5.97 Å². The minimum Gasteiger partial charge on any atom is -0.475 e. The molecular formula is C12H15N3O3. The second kappa shape index (κ2) is 4.64. The van der Waals surface area contributed by atoms with E-state index >= 15 is 0 Å². The summed E-state index contributed by atoms with van der Waals surface area (Å²) in [6.07, 6.45) is 2.32. The Bertz CT molecular complexity index is 569. The lowest BCUT2D eigenvalue weighted by Gasteiger charge is -1.99. The molecule has 0 bridgehead atoms. The average molecular weight is 249 g/mol. The molecule has 0 saturated heterocycles. The molecule has 0 aliphatic carbocycles. The lowest BCUT2D eigenvalue weighted by atomic mass is 10.1. The maximum atomic E-state index is 11.1. The highest BCUT2D eigenvalue weighted by Crippen LogP contribution is 2.22. The fourth-order valence-corrected chi connectivity index (χ4v) is 1.68. The molecule has 0 amide bonds. The van der Waals surface area contributed by atoms with Crippen molar-refractivity contribution in [3.63, 3.8) is 0 Å². The highest BCUT2D eigenvalue weighted by Gasteiger charge is 2.21. The maximum absolute atomic E-state index is 11.1. The Hall–Kier alpha value is -2.11. The Kier molecular flexibility index (Phi) is 3.18. The smallest absolute Gasteiger partial charge is 0.373 e. The number of carboxylic acid groups (broad SMARTS) is 1. The molecule has 6 nitrogen and oxygen atoms in total. The molecule has 6 heteroatoms. The van der Waals surface area contributed by atoms with Crippen molar-refractivity contribution in [2.45, 2.75) is 20.3 Å². The molecule has 0 spiro atoms. The molecule has 0 aliphatic heterocycles. The topological polar surface area (TPSA) is 81.2 Å². The maximum Gasteiger partial charge on any atom is 0.373 e. The number of oxazole rings is 1. The van der Waals surface area contributed by atoms with Crippen LogP contribution in [0, 0.1) is 5.92 Å². The van der Waals surface area contributed by atoms with E-state index in [4.69, 9.17) is 9.52 Å². The number of hydrogen-bond acceptors (Lipinski definition) is 4. The normalized spacial score (nSPS) is 11.1. The monoisotopic (exact) mass is 249 g/mol. The zero-order chi connectivity index (χ0) is 13.3. The van der Waals surface area contributed by atoms with Gasteiger partial charge >= 0.3 is 5.97 Å². The lowest BCUT2D eigenvalue weighted by molar-refractivity contribution is 0.0661. The molecule has 96 valence electrons. The zero-order valence-electron chi connectivity index (χ0n) is 10.5. The first-order valence-corrected chi connectivity index (χ1v) is 5.70. The van der Waals surface area contributed by atoms with Gasteiger partial charge in [0.2, 0.25) is 11.7 Å². The van der Waals surface area contributed by atoms with Crippen LogP contribution >= 0.6 is 0 Å². The third-order valence-corrected chi connectivity index (χ3v) is 2.43. The highest BCUT2D eigenvalue weighted by atomic mass is 16.4. The second-order valence-electron chi connectivity index (χ2n) is 4.57. The Balaban J connectivity index is 2.42. The minimum atomic E-state index is -1.10. The third-order valence-electron chi connectivity index (χ3n) is 2.43. The molecule has 1 N–H and O–H groups in total. The first kappa shape index (κ1) is 12.3. The van der Waals surface area contributed by atoms with Crippen molar-refractivity contribution in [2.24, 2.45) is 13.0 Å². The van der Waals surface area contributed by atoms with Gasteiger partial charge in [0.25, 0.3) is 0 Å². The molecule has 0 saturated carbocycles. The molecule has 0 unspecified atom stereocenters. The van der Waals surface area contributed by atoms with Crippen LogP contribution in [0.1, 0.15) is 30.1 Å². The van der Waals surface area contributed by atoms with E-state index in [-0.39, 0.29) is 11.7 Å². The SMILES string of the molecule is CC(C)Cc1nc(-c2ccn(C)n2)oc1C(=O)O. The van der Waals surface area contributed by atoms with Crippen LogP contribution < -0.4 is 0 Å². The third kappa shape index (κ3) is 2.42. The van der Waals surface area contributed by atoms with Crippen LogP contribution in [0.2, 0.25) is 0 Å². The van der Waals surface area contributed by atoms with E-state index in [0.717, 1.165) is 0 Å². The fourth-order valence-electron chi connectivity index (χ4n) is 1.68. The number of hydrogen-bond donors (Lipinski definition) is 1. The lowest BCUT2D eigenvalue weighted by Crippen LogP contribution is -2.03. The largest absolute Gasteiger partial charge is 0.475 e. The number of nitrogens with zero attached hydrogens (tertiary/aromatic N) is 3.